The molecule has 1 aliphatic rings. The van der Waals surface area contributed by atoms with Gasteiger partial charge in [-0.2, -0.15) is 26.3 Å². The lowest BCUT2D eigenvalue weighted by Crippen LogP contribution is -2.56. The molecule has 0 radical (unpaired) electrons. The van der Waals surface area contributed by atoms with Crippen molar-refractivity contribution in [3.63, 3.8) is 0 Å². The number of fused-ring (bicyclic) bond motifs is 1. The van der Waals surface area contributed by atoms with Crippen LogP contribution in [0.4, 0.5) is 26.3 Å². The summed E-state index contributed by atoms with van der Waals surface area (Å²) in [4.78, 5) is 49.8. The number of nitrogens with one attached hydrogen (secondary N) is 2. The number of benzene rings is 2. The largest absolute Gasteiger partial charge is 0.490 e. The minimum absolute atomic E-state index is 0.254. The molecule has 0 spiro atoms. The number of aromatic nitrogens is 1. The lowest BCUT2D eigenvalue weighted by atomic mass is 9.90. The van der Waals surface area contributed by atoms with Gasteiger partial charge in [-0.25, -0.2) is 15.1 Å². The highest BCUT2D eigenvalue weighted by Crippen LogP contribution is 2.23. The molecule has 2 aromatic carbocycles. The lowest BCUT2D eigenvalue weighted by molar-refractivity contribution is -0.193. The highest BCUT2D eigenvalue weighted by molar-refractivity contribution is 5.95. The molecule has 0 bridgehead atoms. The number of rotatable bonds is 9. The van der Waals surface area contributed by atoms with Gasteiger partial charge in [-0.1, -0.05) is 31.5 Å². The number of carboxylic acids is 2. The molecule has 0 unspecified atom stereocenters. The summed E-state index contributed by atoms with van der Waals surface area (Å²) in [5.74, 6) is -6.04. The zero-order chi connectivity index (χ0) is 37.6. The molecule has 0 aliphatic carbocycles. The number of nitrogens with zero attached hydrogens (tertiary/aromatic N) is 2. The minimum Gasteiger partial charge on any atom is -0.489 e. The smallest absolute Gasteiger partial charge is 0.489 e. The number of aryl methyl sites for hydroxylation is 1. The van der Waals surface area contributed by atoms with Crippen molar-refractivity contribution in [3.8, 4) is 5.75 Å². The second-order valence-corrected chi connectivity index (χ2v) is 11.0. The number of carbonyl (C=O) groups excluding carboxylic acids is 2. The van der Waals surface area contributed by atoms with Crippen LogP contribution in [0.3, 0.4) is 0 Å². The molecule has 3 aromatic rings. The summed E-state index contributed by atoms with van der Waals surface area (Å²) in [6, 6.07) is 16.6. The van der Waals surface area contributed by atoms with Crippen LogP contribution < -0.4 is 15.5 Å². The highest BCUT2D eigenvalue weighted by atomic mass is 19.4. The molecule has 2 atom stereocenters. The maximum absolute atomic E-state index is 13.0. The molecule has 1 aromatic heterocycles. The van der Waals surface area contributed by atoms with Crippen LogP contribution >= 0.6 is 0 Å². The second-order valence-electron chi connectivity index (χ2n) is 11.0. The first-order chi connectivity index (χ1) is 23.4. The number of unbranched alkanes of at least 4 members (excludes halogenated alkanes) is 1. The number of ether oxygens (including phenoxy) is 1. The number of carbonyl (C=O) groups is 4. The molecule has 2 heterocycles. The molecule has 4 rings (SSSR count). The Hall–Kier alpha value is -4.97. The fourth-order valence-electron chi connectivity index (χ4n) is 4.78. The fourth-order valence-corrected chi connectivity index (χ4v) is 4.78. The molecule has 5 N–H and O–H groups in total. The molecular formula is C32H36F6N4O8. The van der Waals surface area contributed by atoms with Gasteiger partial charge in [0.1, 0.15) is 12.4 Å². The van der Waals surface area contributed by atoms with Gasteiger partial charge >= 0.3 is 24.3 Å². The molecule has 0 saturated carbocycles. The lowest BCUT2D eigenvalue weighted by Gasteiger charge is -2.37. The predicted molar refractivity (Wildman–Crippen MR) is 165 cm³/mol. The summed E-state index contributed by atoms with van der Waals surface area (Å²) in [5, 5.41) is 27.5. The predicted octanol–water partition coefficient (Wildman–Crippen LogP) is 5.11. The van der Waals surface area contributed by atoms with E-state index in [0.29, 0.717) is 30.9 Å². The first-order valence-electron chi connectivity index (χ1n) is 15.0. The first-order valence-corrected chi connectivity index (χ1v) is 15.0. The van der Waals surface area contributed by atoms with Crippen LogP contribution in [-0.4, -0.2) is 87.1 Å². The maximum Gasteiger partial charge on any atom is 0.490 e. The van der Waals surface area contributed by atoms with Crippen LogP contribution in [0.1, 0.15) is 47.8 Å². The average molecular weight is 719 g/mol. The zero-order valence-corrected chi connectivity index (χ0v) is 26.8. The molecule has 18 heteroatoms. The number of aliphatic carboxylic acids is 2. The van der Waals surface area contributed by atoms with Crippen molar-refractivity contribution in [1.29, 1.82) is 0 Å². The fraction of sp³-hybridized carbons (Fsp3) is 0.406. The first kappa shape index (κ1) is 41.2. The van der Waals surface area contributed by atoms with Gasteiger partial charge in [0.2, 0.25) is 5.91 Å². The van der Waals surface area contributed by atoms with Crippen LogP contribution in [0.15, 0.2) is 54.6 Å². The number of amides is 2. The van der Waals surface area contributed by atoms with Gasteiger partial charge in [0.05, 0.1) is 17.5 Å². The monoisotopic (exact) mass is 718 g/mol. The number of halogens is 6. The van der Waals surface area contributed by atoms with E-state index in [9.17, 15) is 35.9 Å². The van der Waals surface area contributed by atoms with Crippen molar-refractivity contribution in [3.05, 3.63) is 71.4 Å². The van der Waals surface area contributed by atoms with Crippen molar-refractivity contribution in [2.45, 2.75) is 58.1 Å². The second kappa shape index (κ2) is 18.7. The van der Waals surface area contributed by atoms with Gasteiger partial charge in [-0.15, -0.1) is 0 Å². The van der Waals surface area contributed by atoms with Crippen LogP contribution in [0.5, 0.6) is 5.75 Å². The van der Waals surface area contributed by atoms with Crippen molar-refractivity contribution < 1.29 is 65.7 Å². The summed E-state index contributed by atoms with van der Waals surface area (Å²) in [5.41, 5.74) is 5.17. The molecule has 12 nitrogen and oxygen atoms in total. The van der Waals surface area contributed by atoms with Crippen LogP contribution in [-0.2, 0) is 21.0 Å². The van der Waals surface area contributed by atoms with Crippen molar-refractivity contribution >= 4 is 34.7 Å². The molecular weight excluding hydrogens is 682 g/mol. The number of pyridine rings is 1. The molecule has 50 heavy (non-hydrogen) atoms. The number of para-hydroxylation sites is 1. The van der Waals surface area contributed by atoms with Gasteiger partial charge in [0.15, 0.2) is 0 Å². The van der Waals surface area contributed by atoms with E-state index in [-0.39, 0.29) is 11.9 Å². The third kappa shape index (κ3) is 13.1. The number of hydrogen-bond donors (Lipinski definition) is 5. The van der Waals surface area contributed by atoms with E-state index >= 15 is 0 Å². The Morgan fingerprint density at radius 2 is 1.54 bits per heavy atom. The quantitative estimate of drug-likeness (QED) is 0.113. The Morgan fingerprint density at radius 3 is 2.08 bits per heavy atom. The number of alkyl halides is 6. The number of piperidine rings is 1. The maximum atomic E-state index is 13.0. The standard InChI is InChI=1S/C28H34N4O4.2C2HF3O2/c1-3-4-14-32-15-13-24(28(34)31-35)26(17-32)30-27(33)20-9-11-22(12-10-20)36-18-21-16-19(2)29-25-8-6-5-7-23(21)25;2*3-2(4,5)1(6)7/h5-12,16,24,26,35H,3-4,13-15,17-18H2,1-2H3,(H,30,33)(H,31,34);2*(H,6,7)/t24-,26+;;/m0../s1. The Morgan fingerprint density at radius 1 is 0.960 bits per heavy atom. The highest BCUT2D eigenvalue weighted by Gasteiger charge is 2.39. The van der Waals surface area contributed by atoms with E-state index in [4.69, 9.17) is 29.7 Å². The normalized spacial score (nSPS) is 16.2. The average Bonchev–Trinajstić information content (AvgIpc) is 3.05. The third-order valence-electron chi connectivity index (χ3n) is 7.21. The van der Waals surface area contributed by atoms with E-state index in [1.807, 2.05) is 37.3 Å². The van der Waals surface area contributed by atoms with Gasteiger partial charge in [0.25, 0.3) is 5.91 Å². The Labute approximate surface area is 282 Å². The SMILES string of the molecule is CCCCN1CC[C@H](C(=O)NO)[C@H](NC(=O)c2ccc(OCc3cc(C)nc4ccccc34)cc2)C1.O=C(O)C(F)(F)F.O=C(O)C(F)(F)F. The molecule has 274 valence electrons. The molecule has 2 amide bonds. The summed E-state index contributed by atoms with van der Waals surface area (Å²) >= 11 is 0. The Kier molecular flexibility index (Phi) is 15.4. The number of carboxylic acid groups (broad SMARTS) is 2. The van der Waals surface area contributed by atoms with Gasteiger partial charge in [-0.3, -0.25) is 19.8 Å². The van der Waals surface area contributed by atoms with Crippen LogP contribution in [0, 0.1) is 12.8 Å². The van der Waals surface area contributed by atoms with E-state index in [0.717, 1.165) is 48.1 Å². The van der Waals surface area contributed by atoms with Gasteiger partial charge in [0, 0.05) is 28.8 Å². The summed E-state index contributed by atoms with van der Waals surface area (Å²) in [6.45, 7) is 6.76. The zero-order valence-electron chi connectivity index (χ0n) is 26.8. The van der Waals surface area contributed by atoms with Crippen molar-refractivity contribution in [2.24, 2.45) is 5.92 Å². The number of hydrogen-bond acceptors (Lipinski definition) is 8. The van der Waals surface area contributed by atoms with Gasteiger partial charge < -0.3 is 25.2 Å². The van der Waals surface area contributed by atoms with E-state index in [2.05, 4.69) is 22.1 Å². The van der Waals surface area contributed by atoms with E-state index in [1.54, 1.807) is 29.7 Å². The topological polar surface area (TPSA) is 178 Å². The van der Waals surface area contributed by atoms with E-state index < -0.39 is 36.1 Å². The van der Waals surface area contributed by atoms with Crippen LogP contribution in [0.2, 0.25) is 0 Å². The number of likely N-dealkylation sites (tertiary alicyclic amines) is 1. The molecule has 1 aliphatic heterocycles. The van der Waals surface area contributed by atoms with Crippen molar-refractivity contribution in [2.75, 3.05) is 19.6 Å². The number of hydroxylamine groups is 1. The van der Waals surface area contributed by atoms with Crippen LogP contribution in [0.25, 0.3) is 10.9 Å². The molecule has 1 saturated heterocycles. The van der Waals surface area contributed by atoms with Crippen molar-refractivity contribution in [1.82, 2.24) is 20.7 Å². The summed E-state index contributed by atoms with van der Waals surface area (Å²) in [7, 11) is 0. The van der Waals surface area contributed by atoms with E-state index in [1.165, 1.54) is 0 Å². The Balaban J connectivity index is 0.000000521. The minimum atomic E-state index is -5.08. The molecule has 1 fully saturated rings. The summed E-state index contributed by atoms with van der Waals surface area (Å²) in [6.07, 6.45) is -7.44. The Bertz CT molecular complexity index is 1580. The van der Waals surface area contributed by atoms with Gasteiger partial charge in [-0.05, 0) is 69.3 Å². The summed E-state index contributed by atoms with van der Waals surface area (Å²) < 4.78 is 69.5. The third-order valence-corrected chi connectivity index (χ3v) is 7.21.